The molecule has 4 rings (SSSR count). The number of hydrogen-bond acceptors (Lipinski definition) is 8. The highest BCUT2D eigenvalue weighted by Crippen LogP contribution is 2.53. The Morgan fingerprint density at radius 1 is 1.15 bits per heavy atom. The van der Waals surface area contributed by atoms with Gasteiger partial charge in [0.05, 0.1) is 32.6 Å². The molecule has 0 amide bonds. The molecule has 0 bridgehead atoms. The van der Waals surface area contributed by atoms with E-state index in [0.29, 0.717) is 47.2 Å². The number of ether oxygens (including phenoxy) is 3. The van der Waals surface area contributed by atoms with Crippen molar-refractivity contribution in [3.05, 3.63) is 64.7 Å². The summed E-state index contributed by atoms with van der Waals surface area (Å²) in [5.41, 5.74) is 1.93. The standard InChI is InChI=1S/C24H26N4O5/c1-14-19(23(14)20-6-5-17(31-3)10-26-20)13-33-24-18(11-25-15(2)27-24)16-7-8-28(21(29)9-16)12-22(30)32-4/h5-11,14,19,23H,12-13H2,1-4H3. The lowest BCUT2D eigenvalue weighted by Crippen LogP contribution is -2.23. The molecule has 3 atom stereocenters. The largest absolute Gasteiger partial charge is 0.495 e. The summed E-state index contributed by atoms with van der Waals surface area (Å²) in [4.78, 5) is 37.2. The topological polar surface area (TPSA) is 105 Å². The molecule has 0 saturated heterocycles. The van der Waals surface area contributed by atoms with Crippen molar-refractivity contribution >= 4 is 5.97 Å². The summed E-state index contributed by atoms with van der Waals surface area (Å²) in [6.07, 6.45) is 4.93. The summed E-state index contributed by atoms with van der Waals surface area (Å²) in [6.45, 7) is 4.29. The number of aryl methyl sites for hydroxylation is 1. The minimum atomic E-state index is -0.494. The maximum absolute atomic E-state index is 12.5. The Hall–Kier alpha value is -3.75. The maximum atomic E-state index is 12.5. The second-order valence-electron chi connectivity index (χ2n) is 8.08. The first-order chi connectivity index (χ1) is 15.9. The summed E-state index contributed by atoms with van der Waals surface area (Å²) >= 11 is 0. The van der Waals surface area contributed by atoms with E-state index in [1.54, 1.807) is 38.7 Å². The first kappa shape index (κ1) is 22.4. The van der Waals surface area contributed by atoms with Crippen LogP contribution in [0, 0.1) is 18.8 Å². The maximum Gasteiger partial charge on any atom is 0.325 e. The monoisotopic (exact) mass is 450 g/mol. The molecule has 0 radical (unpaired) electrons. The van der Waals surface area contributed by atoms with Gasteiger partial charge >= 0.3 is 5.97 Å². The first-order valence-electron chi connectivity index (χ1n) is 10.6. The molecule has 1 aliphatic carbocycles. The predicted molar refractivity (Wildman–Crippen MR) is 120 cm³/mol. The SMILES string of the molecule is COC(=O)Cn1ccc(-c2cnc(C)nc2OCC2C(C)C2c2ccc(OC)cn2)cc1=O. The zero-order valence-corrected chi connectivity index (χ0v) is 19.0. The van der Waals surface area contributed by atoms with E-state index in [2.05, 4.69) is 26.6 Å². The van der Waals surface area contributed by atoms with Crippen LogP contribution in [0.1, 0.15) is 24.4 Å². The molecular weight excluding hydrogens is 424 g/mol. The predicted octanol–water partition coefficient (Wildman–Crippen LogP) is 2.62. The van der Waals surface area contributed by atoms with Crippen LogP contribution in [-0.4, -0.2) is 46.3 Å². The fourth-order valence-corrected chi connectivity index (χ4v) is 3.94. The van der Waals surface area contributed by atoms with Crippen molar-refractivity contribution in [1.29, 1.82) is 0 Å². The van der Waals surface area contributed by atoms with Gasteiger partial charge < -0.3 is 18.8 Å². The van der Waals surface area contributed by atoms with Crippen LogP contribution in [0.15, 0.2) is 47.7 Å². The Kier molecular flexibility index (Phi) is 6.39. The summed E-state index contributed by atoms with van der Waals surface area (Å²) in [5, 5.41) is 0. The molecule has 3 aromatic rings. The van der Waals surface area contributed by atoms with Gasteiger partial charge in [0.25, 0.3) is 5.56 Å². The third kappa shape index (κ3) is 4.87. The van der Waals surface area contributed by atoms with Crippen molar-refractivity contribution in [3.63, 3.8) is 0 Å². The van der Waals surface area contributed by atoms with Gasteiger partial charge in [-0.05, 0) is 36.6 Å². The summed E-state index contributed by atoms with van der Waals surface area (Å²) in [5.74, 6) is 2.28. The molecule has 0 N–H and O–H groups in total. The van der Waals surface area contributed by atoms with Crippen LogP contribution >= 0.6 is 0 Å². The number of hydrogen-bond donors (Lipinski definition) is 0. The molecule has 0 spiro atoms. The van der Waals surface area contributed by atoms with E-state index >= 15 is 0 Å². The third-order valence-corrected chi connectivity index (χ3v) is 6.02. The number of carbonyl (C=O) groups is 1. The lowest BCUT2D eigenvalue weighted by atomic mass is 10.1. The Morgan fingerprint density at radius 3 is 2.64 bits per heavy atom. The van der Waals surface area contributed by atoms with Gasteiger partial charge in [0.15, 0.2) is 0 Å². The molecule has 0 aromatic carbocycles. The van der Waals surface area contributed by atoms with Crippen LogP contribution in [0.2, 0.25) is 0 Å². The third-order valence-electron chi connectivity index (χ3n) is 6.02. The summed E-state index contributed by atoms with van der Waals surface area (Å²) in [6, 6.07) is 7.08. The number of carbonyl (C=O) groups excluding carboxylic acids is 1. The van der Waals surface area contributed by atoms with Crippen molar-refractivity contribution in [2.75, 3.05) is 20.8 Å². The molecule has 3 aromatic heterocycles. The Balaban J connectivity index is 1.50. The smallest absolute Gasteiger partial charge is 0.325 e. The minimum Gasteiger partial charge on any atom is -0.495 e. The van der Waals surface area contributed by atoms with E-state index in [-0.39, 0.29) is 12.1 Å². The normalized spacial score (nSPS) is 19.1. The lowest BCUT2D eigenvalue weighted by molar-refractivity contribution is -0.141. The van der Waals surface area contributed by atoms with Gasteiger partial charge in [-0.1, -0.05) is 6.92 Å². The van der Waals surface area contributed by atoms with E-state index in [0.717, 1.165) is 11.4 Å². The molecule has 33 heavy (non-hydrogen) atoms. The first-order valence-corrected chi connectivity index (χ1v) is 10.6. The van der Waals surface area contributed by atoms with E-state index in [1.807, 2.05) is 12.1 Å². The Bertz CT molecular complexity index is 1210. The van der Waals surface area contributed by atoms with Gasteiger partial charge in [0.2, 0.25) is 5.88 Å². The molecule has 9 nitrogen and oxygen atoms in total. The molecule has 0 aliphatic heterocycles. The molecule has 1 fully saturated rings. The van der Waals surface area contributed by atoms with Gasteiger partial charge in [0, 0.05) is 36.0 Å². The molecular formula is C24H26N4O5. The number of esters is 1. The van der Waals surface area contributed by atoms with E-state index in [9.17, 15) is 9.59 Å². The Morgan fingerprint density at radius 2 is 1.97 bits per heavy atom. The zero-order valence-electron chi connectivity index (χ0n) is 19.0. The van der Waals surface area contributed by atoms with E-state index < -0.39 is 5.97 Å². The molecule has 1 aliphatic rings. The molecule has 3 heterocycles. The van der Waals surface area contributed by atoms with Gasteiger partial charge in [-0.3, -0.25) is 14.6 Å². The fraction of sp³-hybridized carbons (Fsp3) is 0.375. The van der Waals surface area contributed by atoms with Crippen LogP contribution in [0.4, 0.5) is 0 Å². The molecule has 1 saturated carbocycles. The Labute approximate surface area is 191 Å². The summed E-state index contributed by atoms with van der Waals surface area (Å²) < 4.78 is 17.2. The van der Waals surface area contributed by atoms with Gasteiger partial charge in [-0.15, -0.1) is 0 Å². The van der Waals surface area contributed by atoms with Crippen molar-refractivity contribution in [1.82, 2.24) is 19.5 Å². The number of pyridine rings is 2. The average Bonchev–Trinajstić information content (AvgIpc) is 3.48. The second kappa shape index (κ2) is 9.40. The molecule has 172 valence electrons. The van der Waals surface area contributed by atoms with Crippen LogP contribution in [-0.2, 0) is 16.1 Å². The molecule has 9 heteroatoms. The quantitative estimate of drug-likeness (QED) is 0.482. The highest BCUT2D eigenvalue weighted by atomic mass is 16.5. The van der Waals surface area contributed by atoms with Crippen LogP contribution < -0.4 is 15.0 Å². The van der Waals surface area contributed by atoms with E-state index in [1.165, 1.54) is 17.7 Å². The van der Waals surface area contributed by atoms with Crippen LogP contribution in [0.3, 0.4) is 0 Å². The number of nitrogens with zero attached hydrogens (tertiary/aromatic N) is 4. The van der Waals surface area contributed by atoms with Crippen molar-refractivity contribution in [2.24, 2.45) is 11.8 Å². The van der Waals surface area contributed by atoms with E-state index in [4.69, 9.17) is 9.47 Å². The lowest BCUT2D eigenvalue weighted by Gasteiger charge is -2.12. The minimum absolute atomic E-state index is 0.149. The average molecular weight is 450 g/mol. The van der Waals surface area contributed by atoms with Crippen molar-refractivity contribution in [2.45, 2.75) is 26.3 Å². The molecule has 3 unspecified atom stereocenters. The van der Waals surface area contributed by atoms with Crippen LogP contribution in [0.5, 0.6) is 11.6 Å². The van der Waals surface area contributed by atoms with Gasteiger partial charge in [0.1, 0.15) is 18.1 Å². The highest BCUT2D eigenvalue weighted by molar-refractivity contribution is 5.70. The highest BCUT2D eigenvalue weighted by Gasteiger charge is 2.49. The second-order valence-corrected chi connectivity index (χ2v) is 8.08. The van der Waals surface area contributed by atoms with Crippen molar-refractivity contribution in [3.8, 4) is 22.8 Å². The zero-order chi connectivity index (χ0) is 23.5. The van der Waals surface area contributed by atoms with Gasteiger partial charge in [-0.2, -0.15) is 4.98 Å². The summed E-state index contributed by atoms with van der Waals surface area (Å²) in [7, 11) is 2.90. The number of methoxy groups -OCH3 is 2. The van der Waals surface area contributed by atoms with Gasteiger partial charge in [-0.25, -0.2) is 4.98 Å². The van der Waals surface area contributed by atoms with Crippen molar-refractivity contribution < 1.29 is 19.0 Å². The number of aromatic nitrogens is 4. The fourth-order valence-electron chi connectivity index (χ4n) is 3.94. The number of rotatable bonds is 8. The van der Waals surface area contributed by atoms with Crippen LogP contribution in [0.25, 0.3) is 11.1 Å².